The van der Waals surface area contributed by atoms with E-state index in [1.165, 1.54) is 4.90 Å². The van der Waals surface area contributed by atoms with Crippen molar-refractivity contribution in [2.75, 3.05) is 32.2 Å². The first-order valence-electron chi connectivity index (χ1n) is 8.41. The van der Waals surface area contributed by atoms with Crippen molar-refractivity contribution in [1.82, 2.24) is 15.5 Å². The van der Waals surface area contributed by atoms with Gasteiger partial charge < -0.3 is 20.3 Å². The van der Waals surface area contributed by atoms with Crippen LogP contribution in [0.4, 0.5) is 4.79 Å². The van der Waals surface area contributed by atoms with Crippen molar-refractivity contribution in [2.45, 2.75) is 25.4 Å². The van der Waals surface area contributed by atoms with Crippen LogP contribution in [0.5, 0.6) is 5.75 Å². The number of methoxy groups -OCH3 is 1. The Kier molecular flexibility index (Phi) is 6.84. The van der Waals surface area contributed by atoms with E-state index < -0.39 is 15.9 Å². The summed E-state index contributed by atoms with van der Waals surface area (Å²) in [6, 6.07) is 6.77. The Labute approximate surface area is 153 Å². The number of carbonyl (C=O) groups is 2. The molecule has 0 saturated carbocycles. The number of sulfone groups is 1. The minimum absolute atomic E-state index is 0.101. The van der Waals surface area contributed by atoms with E-state index in [-0.39, 0.29) is 30.0 Å². The molecule has 1 aliphatic heterocycles. The Morgan fingerprint density at radius 1 is 1.23 bits per heavy atom. The fourth-order valence-electron chi connectivity index (χ4n) is 2.78. The zero-order chi connectivity index (χ0) is 19.2. The number of urea groups is 1. The predicted molar refractivity (Wildman–Crippen MR) is 97.7 cm³/mol. The van der Waals surface area contributed by atoms with Crippen molar-refractivity contribution in [2.24, 2.45) is 0 Å². The van der Waals surface area contributed by atoms with Crippen LogP contribution in [-0.2, 0) is 21.2 Å². The van der Waals surface area contributed by atoms with Crippen LogP contribution >= 0.6 is 0 Å². The maximum absolute atomic E-state index is 12.2. The summed E-state index contributed by atoms with van der Waals surface area (Å²) in [5, 5.41) is 5.21. The molecular formula is C17H25N3O5S. The molecule has 0 atom stereocenters. The van der Waals surface area contributed by atoms with Crippen molar-refractivity contribution >= 4 is 21.8 Å². The highest BCUT2D eigenvalue weighted by Crippen LogP contribution is 2.17. The van der Waals surface area contributed by atoms with Gasteiger partial charge in [-0.25, -0.2) is 13.2 Å². The second kappa shape index (κ2) is 8.88. The molecule has 1 aromatic carbocycles. The maximum Gasteiger partial charge on any atom is 0.315 e. The standard InChI is InChI=1S/C17H25N3O5S/c1-20(14-6-8-26(23,24)9-7-14)16(21)12-19-17(22)18-11-13-4-3-5-15(10-13)25-2/h3-5,10,14H,6-9,11-12H2,1-2H3,(H2,18,19,22). The second-order valence-electron chi connectivity index (χ2n) is 6.28. The predicted octanol–water partition coefficient (Wildman–Crippen LogP) is 0.530. The molecule has 0 aromatic heterocycles. The largest absolute Gasteiger partial charge is 0.497 e. The summed E-state index contributed by atoms with van der Waals surface area (Å²) in [5.41, 5.74) is 0.881. The SMILES string of the molecule is COc1cccc(CNC(=O)NCC(=O)N(C)C2CCS(=O)(=O)CC2)c1. The van der Waals surface area contributed by atoms with Gasteiger partial charge in [0.2, 0.25) is 5.91 Å². The molecule has 1 fully saturated rings. The van der Waals surface area contributed by atoms with E-state index >= 15 is 0 Å². The number of likely N-dealkylation sites (N-methyl/N-ethyl adjacent to an activating group) is 1. The average molecular weight is 383 g/mol. The van der Waals surface area contributed by atoms with Gasteiger partial charge >= 0.3 is 6.03 Å². The minimum atomic E-state index is -2.97. The molecule has 26 heavy (non-hydrogen) atoms. The van der Waals surface area contributed by atoms with Crippen LogP contribution in [0.1, 0.15) is 18.4 Å². The van der Waals surface area contributed by atoms with Crippen molar-refractivity contribution in [1.29, 1.82) is 0 Å². The van der Waals surface area contributed by atoms with E-state index in [0.29, 0.717) is 25.1 Å². The Balaban J connectivity index is 1.73. The molecule has 0 bridgehead atoms. The van der Waals surface area contributed by atoms with Gasteiger partial charge in [-0.15, -0.1) is 0 Å². The number of amides is 3. The number of nitrogens with one attached hydrogen (secondary N) is 2. The number of hydrogen-bond acceptors (Lipinski definition) is 5. The summed E-state index contributed by atoms with van der Waals surface area (Å²) in [6.45, 7) is 0.178. The summed E-state index contributed by atoms with van der Waals surface area (Å²) in [4.78, 5) is 25.6. The number of carbonyl (C=O) groups excluding carboxylic acids is 2. The van der Waals surface area contributed by atoms with Crippen LogP contribution < -0.4 is 15.4 Å². The third-order valence-corrected chi connectivity index (χ3v) is 6.17. The molecule has 9 heteroatoms. The molecule has 0 radical (unpaired) electrons. The molecule has 0 spiro atoms. The minimum Gasteiger partial charge on any atom is -0.497 e. The first-order valence-corrected chi connectivity index (χ1v) is 10.2. The molecule has 3 amide bonds. The molecule has 1 saturated heterocycles. The van der Waals surface area contributed by atoms with Crippen molar-refractivity contribution in [3.63, 3.8) is 0 Å². The molecule has 0 aliphatic carbocycles. The van der Waals surface area contributed by atoms with E-state index in [0.717, 1.165) is 5.56 Å². The summed E-state index contributed by atoms with van der Waals surface area (Å²) < 4.78 is 28.0. The number of ether oxygens (including phenoxy) is 1. The van der Waals surface area contributed by atoms with Crippen molar-refractivity contribution < 1.29 is 22.7 Å². The lowest BCUT2D eigenvalue weighted by atomic mass is 10.1. The molecular weight excluding hydrogens is 358 g/mol. The lowest BCUT2D eigenvalue weighted by molar-refractivity contribution is -0.131. The van der Waals surface area contributed by atoms with Gasteiger partial charge in [-0.1, -0.05) is 12.1 Å². The molecule has 0 unspecified atom stereocenters. The van der Waals surface area contributed by atoms with Gasteiger partial charge in [0.25, 0.3) is 0 Å². The monoisotopic (exact) mass is 383 g/mol. The molecule has 1 heterocycles. The van der Waals surface area contributed by atoms with Crippen LogP contribution in [0.15, 0.2) is 24.3 Å². The molecule has 2 rings (SSSR count). The Morgan fingerprint density at radius 3 is 2.58 bits per heavy atom. The average Bonchev–Trinajstić information content (AvgIpc) is 2.64. The van der Waals surface area contributed by atoms with Crippen LogP contribution in [0.25, 0.3) is 0 Å². The zero-order valence-corrected chi connectivity index (χ0v) is 15.8. The summed E-state index contributed by atoms with van der Waals surface area (Å²) in [6.07, 6.45) is 0.874. The number of benzene rings is 1. The van der Waals surface area contributed by atoms with E-state index in [2.05, 4.69) is 10.6 Å². The Hall–Kier alpha value is -2.29. The highest BCUT2D eigenvalue weighted by molar-refractivity contribution is 7.91. The lowest BCUT2D eigenvalue weighted by Crippen LogP contribution is -2.47. The number of nitrogens with zero attached hydrogens (tertiary/aromatic N) is 1. The highest BCUT2D eigenvalue weighted by atomic mass is 32.2. The molecule has 144 valence electrons. The highest BCUT2D eigenvalue weighted by Gasteiger charge is 2.28. The van der Waals surface area contributed by atoms with Gasteiger partial charge in [0.15, 0.2) is 0 Å². The summed E-state index contributed by atoms with van der Waals surface area (Å²) >= 11 is 0. The Bertz CT molecular complexity index is 737. The van der Waals surface area contributed by atoms with Crippen LogP contribution in [-0.4, -0.2) is 63.5 Å². The van der Waals surface area contributed by atoms with Crippen LogP contribution in [0.3, 0.4) is 0 Å². The maximum atomic E-state index is 12.2. The van der Waals surface area contributed by atoms with E-state index in [1.807, 2.05) is 24.3 Å². The fraction of sp³-hybridized carbons (Fsp3) is 0.529. The number of rotatable bonds is 6. The summed E-state index contributed by atoms with van der Waals surface area (Å²) in [7, 11) is 0.246. The van der Waals surface area contributed by atoms with Crippen LogP contribution in [0, 0.1) is 0 Å². The third kappa shape index (κ3) is 5.91. The van der Waals surface area contributed by atoms with Gasteiger partial charge in [0, 0.05) is 19.6 Å². The Morgan fingerprint density at radius 2 is 1.92 bits per heavy atom. The van der Waals surface area contributed by atoms with Crippen molar-refractivity contribution in [3.8, 4) is 5.75 Å². The summed E-state index contributed by atoms with van der Waals surface area (Å²) in [5.74, 6) is 0.662. The van der Waals surface area contributed by atoms with Gasteiger partial charge in [-0.05, 0) is 30.5 Å². The van der Waals surface area contributed by atoms with Gasteiger partial charge in [-0.2, -0.15) is 0 Å². The third-order valence-electron chi connectivity index (χ3n) is 4.45. The zero-order valence-electron chi connectivity index (χ0n) is 15.0. The topological polar surface area (TPSA) is 105 Å². The number of hydrogen-bond donors (Lipinski definition) is 2. The second-order valence-corrected chi connectivity index (χ2v) is 8.58. The van der Waals surface area contributed by atoms with Gasteiger partial charge in [-0.3, -0.25) is 4.79 Å². The molecule has 1 aromatic rings. The van der Waals surface area contributed by atoms with Crippen molar-refractivity contribution in [3.05, 3.63) is 29.8 Å². The quantitative estimate of drug-likeness (QED) is 0.746. The van der Waals surface area contributed by atoms with E-state index in [4.69, 9.17) is 4.74 Å². The molecule has 8 nitrogen and oxygen atoms in total. The first-order chi connectivity index (χ1) is 12.3. The smallest absolute Gasteiger partial charge is 0.315 e. The van der Waals surface area contributed by atoms with E-state index in [9.17, 15) is 18.0 Å². The van der Waals surface area contributed by atoms with Gasteiger partial charge in [0.05, 0.1) is 25.2 Å². The fourth-order valence-corrected chi connectivity index (χ4v) is 4.24. The molecule has 1 aliphatic rings. The van der Waals surface area contributed by atoms with Gasteiger partial charge in [0.1, 0.15) is 15.6 Å². The molecule has 2 N–H and O–H groups in total. The lowest BCUT2D eigenvalue weighted by Gasteiger charge is -2.31. The van der Waals surface area contributed by atoms with E-state index in [1.54, 1.807) is 14.2 Å². The van der Waals surface area contributed by atoms with Crippen LogP contribution in [0.2, 0.25) is 0 Å². The normalized spacial score (nSPS) is 16.5. The first kappa shape index (κ1) is 20.0.